The Morgan fingerprint density at radius 1 is 1.12 bits per heavy atom. The van der Waals surface area contributed by atoms with Gasteiger partial charge in [0.1, 0.15) is 16.5 Å². The maximum absolute atomic E-state index is 14.7. The van der Waals surface area contributed by atoms with E-state index < -0.39 is 0 Å². The van der Waals surface area contributed by atoms with Crippen molar-refractivity contribution in [1.29, 1.82) is 0 Å². The molecule has 3 heterocycles. The minimum absolute atomic E-state index is 0.117. The van der Waals surface area contributed by atoms with E-state index in [0.717, 1.165) is 36.3 Å². The zero-order valence-corrected chi connectivity index (χ0v) is 20.0. The van der Waals surface area contributed by atoms with Crippen LogP contribution in [0.25, 0.3) is 17.1 Å². The van der Waals surface area contributed by atoms with Crippen molar-refractivity contribution in [3.05, 3.63) is 70.7 Å². The van der Waals surface area contributed by atoms with Gasteiger partial charge < -0.3 is 5.32 Å². The minimum Gasteiger partial charge on any atom is -0.348 e. The van der Waals surface area contributed by atoms with Crippen molar-refractivity contribution in [3.8, 4) is 17.1 Å². The van der Waals surface area contributed by atoms with Gasteiger partial charge in [0.25, 0.3) is 5.91 Å². The van der Waals surface area contributed by atoms with Gasteiger partial charge in [-0.25, -0.2) is 9.37 Å². The molecule has 1 aliphatic rings. The zero-order valence-electron chi connectivity index (χ0n) is 18.4. The van der Waals surface area contributed by atoms with Gasteiger partial charge in [0.2, 0.25) is 0 Å². The van der Waals surface area contributed by atoms with Crippen LogP contribution < -0.4 is 5.32 Å². The fourth-order valence-electron chi connectivity index (χ4n) is 4.02. The van der Waals surface area contributed by atoms with Crippen LogP contribution in [0.4, 0.5) is 4.39 Å². The lowest BCUT2D eigenvalue weighted by Gasteiger charge is -2.22. The molecule has 1 fully saturated rings. The molecular formula is C24H23FN6OS2. The van der Waals surface area contributed by atoms with Crippen LogP contribution in [0.1, 0.15) is 47.6 Å². The number of nitrogens with zero attached hydrogens (tertiary/aromatic N) is 5. The smallest absolute Gasteiger partial charge is 0.270 e. The maximum atomic E-state index is 14.7. The molecule has 1 N–H and O–H groups in total. The van der Waals surface area contributed by atoms with E-state index in [1.54, 1.807) is 40.5 Å². The molecule has 0 aliphatic heterocycles. The van der Waals surface area contributed by atoms with E-state index in [1.165, 1.54) is 35.6 Å². The standard InChI is InChI=1S/C24H23FN6OS2/c25-18-8-4-5-9-20(18)31-22(16-10-12-26-13-11-16)29-30-24(31)34-15-21-28-19(14-33-21)23(32)27-17-6-2-1-3-7-17/h4-5,8-14,17H,1-3,6-7,15H2,(H,27,32). The van der Waals surface area contributed by atoms with Crippen molar-refractivity contribution in [2.75, 3.05) is 0 Å². The lowest BCUT2D eigenvalue weighted by Crippen LogP contribution is -2.36. The Hall–Kier alpha value is -3.11. The second kappa shape index (κ2) is 10.4. The summed E-state index contributed by atoms with van der Waals surface area (Å²) in [5, 5.41) is 14.9. The summed E-state index contributed by atoms with van der Waals surface area (Å²) in [5.74, 6) is 0.538. The first kappa shape index (κ1) is 22.7. The summed E-state index contributed by atoms with van der Waals surface area (Å²) < 4.78 is 16.4. The van der Waals surface area contributed by atoms with Crippen LogP contribution >= 0.6 is 23.1 Å². The quantitative estimate of drug-likeness (QED) is 0.352. The summed E-state index contributed by atoms with van der Waals surface area (Å²) in [6.45, 7) is 0. The van der Waals surface area contributed by atoms with Crippen LogP contribution in [-0.4, -0.2) is 36.7 Å². The molecule has 1 aromatic carbocycles. The third-order valence-corrected chi connectivity index (χ3v) is 7.69. The number of nitrogens with one attached hydrogen (secondary N) is 1. The molecule has 4 aromatic rings. The Morgan fingerprint density at radius 2 is 1.91 bits per heavy atom. The highest BCUT2D eigenvalue weighted by Crippen LogP contribution is 2.31. The molecule has 0 atom stereocenters. The van der Waals surface area contributed by atoms with Gasteiger partial charge in [-0.05, 0) is 37.1 Å². The third-order valence-electron chi connectivity index (χ3n) is 5.71. The molecule has 1 aliphatic carbocycles. The average molecular weight is 495 g/mol. The number of halogens is 1. The van der Waals surface area contributed by atoms with Gasteiger partial charge >= 0.3 is 0 Å². The summed E-state index contributed by atoms with van der Waals surface area (Å²) in [5.41, 5.74) is 1.60. The largest absolute Gasteiger partial charge is 0.348 e. The van der Waals surface area contributed by atoms with Gasteiger partial charge in [0.15, 0.2) is 11.0 Å². The van der Waals surface area contributed by atoms with Crippen LogP contribution in [0.5, 0.6) is 0 Å². The predicted octanol–water partition coefficient (Wildman–Crippen LogP) is 5.28. The Kier molecular flexibility index (Phi) is 6.96. The van der Waals surface area contributed by atoms with E-state index in [-0.39, 0.29) is 17.8 Å². The summed E-state index contributed by atoms with van der Waals surface area (Å²) in [6, 6.07) is 10.4. The summed E-state index contributed by atoms with van der Waals surface area (Å²) in [6.07, 6.45) is 8.96. The van der Waals surface area contributed by atoms with Crippen molar-refractivity contribution >= 4 is 29.0 Å². The lowest BCUT2D eigenvalue weighted by atomic mass is 9.95. The summed E-state index contributed by atoms with van der Waals surface area (Å²) in [4.78, 5) is 21.2. The number of hydrogen-bond acceptors (Lipinski definition) is 7. The molecular weight excluding hydrogens is 471 g/mol. The van der Waals surface area contributed by atoms with Crippen molar-refractivity contribution in [1.82, 2.24) is 30.0 Å². The number of benzene rings is 1. The number of hydrogen-bond donors (Lipinski definition) is 1. The monoisotopic (exact) mass is 494 g/mol. The number of para-hydroxylation sites is 1. The van der Waals surface area contributed by atoms with Crippen molar-refractivity contribution in [3.63, 3.8) is 0 Å². The zero-order chi connectivity index (χ0) is 23.3. The molecule has 1 saturated carbocycles. The van der Waals surface area contributed by atoms with Crippen LogP contribution in [0, 0.1) is 5.82 Å². The number of carbonyl (C=O) groups is 1. The lowest BCUT2D eigenvalue weighted by molar-refractivity contribution is 0.0923. The average Bonchev–Trinajstić information content (AvgIpc) is 3.52. The van der Waals surface area contributed by atoms with Crippen molar-refractivity contribution < 1.29 is 9.18 Å². The predicted molar refractivity (Wildman–Crippen MR) is 131 cm³/mol. The number of carbonyl (C=O) groups excluding carboxylic acids is 1. The number of thioether (sulfide) groups is 1. The highest BCUT2D eigenvalue weighted by atomic mass is 32.2. The third kappa shape index (κ3) is 5.02. The molecule has 34 heavy (non-hydrogen) atoms. The minimum atomic E-state index is -0.365. The summed E-state index contributed by atoms with van der Waals surface area (Å²) >= 11 is 2.84. The van der Waals surface area contributed by atoms with Gasteiger partial charge in [0.05, 0.1) is 11.4 Å². The molecule has 1 amide bonds. The first-order valence-corrected chi connectivity index (χ1v) is 13.0. The number of thiazole rings is 1. The molecule has 174 valence electrons. The fraction of sp³-hybridized carbons (Fsp3) is 0.292. The van der Waals surface area contributed by atoms with Crippen LogP contribution in [-0.2, 0) is 5.75 Å². The number of amides is 1. The molecule has 0 unspecified atom stereocenters. The van der Waals surface area contributed by atoms with Gasteiger partial charge in [-0.3, -0.25) is 14.3 Å². The van der Waals surface area contributed by atoms with E-state index in [9.17, 15) is 9.18 Å². The molecule has 0 spiro atoms. The van der Waals surface area contributed by atoms with Gasteiger partial charge in [0, 0.05) is 29.4 Å². The van der Waals surface area contributed by atoms with Gasteiger partial charge in [-0.1, -0.05) is 43.2 Å². The molecule has 0 bridgehead atoms. The Balaban J connectivity index is 1.35. The normalized spacial score (nSPS) is 14.3. The van der Waals surface area contributed by atoms with Crippen LogP contribution in [0.3, 0.4) is 0 Å². The first-order valence-electron chi connectivity index (χ1n) is 11.2. The SMILES string of the molecule is O=C(NC1CCCCC1)c1csc(CSc2nnc(-c3ccncc3)n2-c2ccccc2F)n1. The second-order valence-electron chi connectivity index (χ2n) is 8.05. The van der Waals surface area contributed by atoms with Gasteiger partial charge in [-0.2, -0.15) is 0 Å². The van der Waals surface area contributed by atoms with Crippen LogP contribution in [0.2, 0.25) is 0 Å². The van der Waals surface area contributed by atoms with E-state index in [1.807, 2.05) is 12.1 Å². The first-order chi connectivity index (χ1) is 16.7. The topological polar surface area (TPSA) is 85.6 Å². The van der Waals surface area contributed by atoms with Crippen molar-refractivity contribution in [2.45, 2.75) is 49.1 Å². The number of pyridine rings is 1. The van der Waals surface area contributed by atoms with E-state index >= 15 is 0 Å². The maximum Gasteiger partial charge on any atom is 0.270 e. The second-order valence-corrected chi connectivity index (χ2v) is 9.94. The van der Waals surface area contributed by atoms with Crippen LogP contribution in [0.15, 0.2) is 59.3 Å². The highest BCUT2D eigenvalue weighted by Gasteiger charge is 2.21. The Bertz CT molecular complexity index is 1270. The molecule has 0 radical (unpaired) electrons. The molecule has 0 saturated heterocycles. The number of rotatable bonds is 7. The van der Waals surface area contributed by atoms with E-state index in [0.29, 0.717) is 28.1 Å². The molecule has 10 heteroatoms. The van der Waals surface area contributed by atoms with Crippen molar-refractivity contribution in [2.24, 2.45) is 0 Å². The van der Waals surface area contributed by atoms with E-state index in [4.69, 9.17) is 0 Å². The molecule has 3 aromatic heterocycles. The summed E-state index contributed by atoms with van der Waals surface area (Å²) in [7, 11) is 0. The molecule has 7 nitrogen and oxygen atoms in total. The highest BCUT2D eigenvalue weighted by molar-refractivity contribution is 7.98. The Labute approximate surface area is 204 Å². The fourth-order valence-corrected chi connectivity index (χ4v) is 5.75. The number of aromatic nitrogens is 5. The Morgan fingerprint density at radius 3 is 2.71 bits per heavy atom. The van der Waals surface area contributed by atoms with Gasteiger partial charge in [-0.15, -0.1) is 21.5 Å². The van der Waals surface area contributed by atoms with E-state index in [2.05, 4.69) is 25.5 Å². The molecule has 5 rings (SSSR count).